The van der Waals surface area contributed by atoms with Gasteiger partial charge >= 0.3 is 0 Å². The maximum absolute atomic E-state index is 12.8. The van der Waals surface area contributed by atoms with E-state index in [1.54, 1.807) is 18.3 Å². The number of rotatable bonds is 6. The van der Waals surface area contributed by atoms with Gasteiger partial charge in [-0.3, -0.25) is 9.78 Å². The summed E-state index contributed by atoms with van der Waals surface area (Å²) < 4.78 is 58.4. The molecule has 0 aliphatic carbocycles. The average Bonchev–Trinajstić information content (AvgIpc) is 2.87. The third-order valence-corrected chi connectivity index (χ3v) is 7.51. The molecule has 1 N–H and O–H groups in total. The summed E-state index contributed by atoms with van der Waals surface area (Å²) in [5.41, 5.74) is 0.601. The maximum atomic E-state index is 12.8. The van der Waals surface area contributed by atoms with Gasteiger partial charge in [0.1, 0.15) is 10.6 Å². The molecule has 2 aromatic rings. The van der Waals surface area contributed by atoms with Gasteiger partial charge in [-0.1, -0.05) is 13.0 Å². The number of benzene rings is 1. The van der Waals surface area contributed by atoms with E-state index < -0.39 is 31.9 Å². The van der Waals surface area contributed by atoms with E-state index in [2.05, 4.69) is 9.71 Å². The van der Waals surface area contributed by atoms with Crippen molar-refractivity contribution in [2.75, 3.05) is 17.2 Å². The van der Waals surface area contributed by atoms with E-state index in [-0.39, 0.29) is 28.6 Å². The molecule has 28 heavy (non-hydrogen) atoms. The summed E-state index contributed by atoms with van der Waals surface area (Å²) in [6.07, 6.45) is 3.09. The number of anilines is 1. The Kier molecular flexibility index (Phi) is 5.41. The summed E-state index contributed by atoms with van der Waals surface area (Å²) in [5.74, 6) is -1.59. The van der Waals surface area contributed by atoms with Crippen molar-refractivity contribution in [3.8, 4) is 5.75 Å². The number of nitrogens with zero attached hydrogens (tertiary/aromatic N) is 2. The number of ether oxygens (including phenoxy) is 1. The van der Waals surface area contributed by atoms with Crippen molar-refractivity contribution in [2.45, 2.75) is 18.4 Å². The van der Waals surface area contributed by atoms with Gasteiger partial charge in [-0.15, -0.1) is 0 Å². The minimum Gasteiger partial charge on any atom is -0.495 e. The van der Waals surface area contributed by atoms with Gasteiger partial charge in [0.2, 0.25) is 26.0 Å². The van der Waals surface area contributed by atoms with Crippen LogP contribution < -0.4 is 13.8 Å². The number of amides is 1. The van der Waals surface area contributed by atoms with Crippen LogP contribution in [0.5, 0.6) is 5.75 Å². The number of carbonyl (C=O) groups is 1. The van der Waals surface area contributed by atoms with Crippen molar-refractivity contribution in [3.63, 3.8) is 0 Å². The van der Waals surface area contributed by atoms with E-state index in [0.717, 1.165) is 6.07 Å². The van der Waals surface area contributed by atoms with Crippen molar-refractivity contribution < 1.29 is 26.4 Å². The molecule has 1 amide bonds. The van der Waals surface area contributed by atoms with Crippen LogP contribution in [-0.4, -0.2) is 40.6 Å². The monoisotopic (exact) mass is 425 g/mol. The lowest BCUT2D eigenvalue weighted by molar-refractivity contribution is -0.119. The standard InChI is InChI=1S/C17H19N3O6S2/c1-12-11-27(22,23)20(17(12)21)14-5-6-15(26-2)16(8-14)28(24,25)19-10-13-4-3-7-18-9-13/h3-9,12,19H,10-11H2,1-2H3/t12-/m1/s1. The first-order valence-electron chi connectivity index (χ1n) is 8.29. The SMILES string of the molecule is COc1ccc(N2C(=O)[C@H](C)CS2(=O)=O)cc1S(=O)(=O)NCc1cccnc1. The molecule has 0 radical (unpaired) electrons. The predicted molar refractivity (Wildman–Crippen MR) is 102 cm³/mol. The number of nitrogens with one attached hydrogen (secondary N) is 1. The number of carbonyl (C=O) groups excluding carboxylic acids is 1. The number of hydrogen-bond acceptors (Lipinski definition) is 7. The summed E-state index contributed by atoms with van der Waals surface area (Å²) in [7, 11) is -6.61. The normalized spacial score (nSPS) is 19.0. The number of sulfonamides is 2. The van der Waals surface area contributed by atoms with E-state index in [1.165, 1.54) is 32.4 Å². The molecule has 9 nitrogen and oxygen atoms in total. The van der Waals surface area contributed by atoms with Crippen molar-refractivity contribution in [3.05, 3.63) is 48.3 Å². The Morgan fingerprint density at radius 3 is 2.64 bits per heavy atom. The van der Waals surface area contributed by atoms with Gasteiger partial charge in [-0.2, -0.15) is 0 Å². The Labute approximate surface area is 163 Å². The van der Waals surface area contributed by atoms with Crippen molar-refractivity contribution in [1.29, 1.82) is 0 Å². The van der Waals surface area contributed by atoms with Crippen LogP contribution in [0.4, 0.5) is 5.69 Å². The van der Waals surface area contributed by atoms with E-state index in [0.29, 0.717) is 9.87 Å². The molecule has 1 aliphatic rings. The zero-order chi connectivity index (χ0) is 20.5. The maximum Gasteiger partial charge on any atom is 0.244 e. The second-order valence-corrected chi connectivity index (χ2v) is 9.90. The molecule has 2 heterocycles. The van der Waals surface area contributed by atoms with Crippen molar-refractivity contribution in [2.24, 2.45) is 5.92 Å². The topological polar surface area (TPSA) is 123 Å². The van der Waals surface area contributed by atoms with Crippen LogP contribution in [-0.2, 0) is 31.4 Å². The number of pyridine rings is 1. The third kappa shape index (κ3) is 3.86. The fraction of sp³-hybridized carbons (Fsp3) is 0.294. The third-order valence-electron chi connectivity index (χ3n) is 4.22. The number of hydrogen-bond donors (Lipinski definition) is 1. The van der Waals surface area contributed by atoms with Gasteiger partial charge in [0.25, 0.3) is 0 Å². The molecule has 3 rings (SSSR count). The first kappa shape index (κ1) is 20.2. The molecular formula is C17H19N3O6S2. The largest absolute Gasteiger partial charge is 0.495 e. The molecule has 1 saturated heterocycles. The van der Waals surface area contributed by atoms with Crippen LogP contribution in [0.25, 0.3) is 0 Å². The Balaban J connectivity index is 1.98. The molecule has 1 aromatic carbocycles. The molecule has 11 heteroatoms. The molecule has 0 unspecified atom stereocenters. The Hall–Kier alpha value is -2.50. The van der Waals surface area contributed by atoms with E-state index >= 15 is 0 Å². The highest BCUT2D eigenvalue weighted by atomic mass is 32.2. The molecular weight excluding hydrogens is 406 g/mol. The zero-order valence-electron chi connectivity index (χ0n) is 15.2. The Morgan fingerprint density at radius 1 is 1.32 bits per heavy atom. The smallest absolute Gasteiger partial charge is 0.244 e. The van der Waals surface area contributed by atoms with Crippen molar-refractivity contribution in [1.82, 2.24) is 9.71 Å². The van der Waals surface area contributed by atoms with Crippen molar-refractivity contribution >= 4 is 31.6 Å². The predicted octanol–water partition coefficient (Wildman–Crippen LogP) is 0.881. The first-order chi connectivity index (χ1) is 13.2. The average molecular weight is 425 g/mol. The molecule has 1 fully saturated rings. The number of aromatic nitrogens is 1. The summed E-state index contributed by atoms with van der Waals surface area (Å²) in [4.78, 5) is 15.9. The van der Waals surface area contributed by atoms with E-state index in [9.17, 15) is 21.6 Å². The minimum atomic E-state index is -4.06. The Bertz CT molecular complexity index is 1100. The molecule has 1 atom stereocenters. The summed E-state index contributed by atoms with van der Waals surface area (Å²) in [6.45, 7) is 1.50. The highest BCUT2D eigenvalue weighted by Crippen LogP contribution is 2.33. The molecule has 0 saturated carbocycles. The molecule has 150 valence electrons. The Morgan fingerprint density at radius 2 is 2.07 bits per heavy atom. The molecule has 0 spiro atoms. The van der Waals surface area contributed by atoms with Crippen LogP contribution in [0.1, 0.15) is 12.5 Å². The lowest BCUT2D eigenvalue weighted by atomic mass is 10.2. The molecule has 1 aliphatic heterocycles. The first-order valence-corrected chi connectivity index (χ1v) is 11.4. The van der Waals surface area contributed by atoms with Crippen LogP contribution in [0.2, 0.25) is 0 Å². The number of methoxy groups -OCH3 is 1. The minimum absolute atomic E-state index is 0.0124. The van der Waals surface area contributed by atoms with Crippen LogP contribution >= 0.6 is 0 Å². The lowest BCUT2D eigenvalue weighted by Gasteiger charge is -2.18. The van der Waals surface area contributed by atoms with Gasteiger partial charge in [-0.05, 0) is 29.8 Å². The van der Waals surface area contributed by atoms with Gasteiger partial charge in [0, 0.05) is 18.9 Å². The summed E-state index contributed by atoms with van der Waals surface area (Å²) in [5, 5.41) is 0. The highest BCUT2D eigenvalue weighted by molar-refractivity contribution is 7.94. The van der Waals surface area contributed by atoms with Gasteiger partial charge in [-0.25, -0.2) is 25.9 Å². The van der Waals surface area contributed by atoms with Crippen LogP contribution in [0.3, 0.4) is 0 Å². The summed E-state index contributed by atoms with van der Waals surface area (Å²) >= 11 is 0. The zero-order valence-corrected chi connectivity index (χ0v) is 16.8. The second-order valence-electron chi connectivity index (χ2n) is 6.30. The molecule has 0 bridgehead atoms. The second kappa shape index (κ2) is 7.49. The van der Waals surface area contributed by atoms with Crippen LogP contribution in [0, 0.1) is 5.92 Å². The van der Waals surface area contributed by atoms with Gasteiger partial charge in [0.05, 0.1) is 24.5 Å². The lowest BCUT2D eigenvalue weighted by Crippen LogP contribution is -2.31. The van der Waals surface area contributed by atoms with Crippen LogP contribution in [0.15, 0.2) is 47.6 Å². The fourth-order valence-corrected chi connectivity index (χ4v) is 5.86. The highest BCUT2D eigenvalue weighted by Gasteiger charge is 2.42. The van der Waals surface area contributed by atoms with Gasteiger partial charge < -0.3 is 4.74 Å². The quantitative estimate of drug-likeness (QED) is 0.729. The van der Waals surface area contributed by atoms with E-state index in [1.807, 2.05) is 0 Å². The summed E-state index contributed by atoms with van der Waals surface area (Å²) in [6, 6.07) is 7.17. The van der Waals surface area contributed by atoms with E-state index in [4.69, 9.17) is 4.74 Å². The fourth-order valence-electron chi connectivity index (χ4n) is 2.85. The molecule has 1 aromatic heterocycles. The van der Waals surface area contributed by atoms with Gasteiger partial charge in [0.15, 0.2) is 0 Å².